The lowest BCUT2D eigenvalue weighted by Crippen LogP contribution is -2.12. The van der Waals surface area contributed by atoms with Crippen molar-refractivity contribution in [1.82, 2.24) is 4.98 Å². The van der Waals surface area contributed by atoms with Crippen LogP contribution in [0.5, 0.6) is 0 Å². The Labute approximate surface area is 159 Å². The van der Waals surface area contributed by atoms with Gasteiger partial charge in [0, 0.05) is 17.7 Å². The summed E-state index contributed by atoms with van der Waals surface area (Å²) in [4.78, 5) is 26.2. The molecule has 0 aliphatic heterocycles. The van der Waals surface area contributed by atoms with Crippen LogP contribution in [0.4, 0.5) is 24.5 Å². The number of carbonyl (C=O) groups is 1. The van der Waals surface area contributed by atoms with Crippen LogP contribution in [0.25, 0.3) is 11.5 Å². The maximum Gasteiger partial charge on any atom is 0.416 e. The first-order valence-electron chi connectivity index (χ1n) is 7.53. The fourth-order valence-corrected chi connectivity index (χ4v) is 2.44. The number of nitrogens with zero attached hydrogens (tertiary/aromatic N) is 2. The first-order valence-corrected chi connectivity index (χ1v) is 7.91. The maximum atomic E-state index is 12.6. The second kappa shape index (κ2) is 7.31. The molecule has 1 aromatic heterocycles. The quantitative estimate of drug-likeness (QED) is 0.471. The third-order valence-corrected chi connectivity index (χ3v) is 3.92. The third kappa shape index (κ3) is 4.12. The molecule has 7 nitrogen and oxygen atoms in total. The number of rotatable bonds is 4. The van der Waals surface area contributed by atoms with Crippen molar-refractivity contribution in [2.24, 2.45) is 0 Å². The minimum Gasteiger partial charge on any atom is -0.444 e. The number of nitro groups is 1. The summed E-state index contributed by atoms with van der Waals surface area (Å²) in [7, 11) is 0. The molecule has 1 heterocycles. The van der Waals surface area contributed by atoms with Crippen molar-refractivity contribution in [1.29, 1.82) is 0 Å². The highest BCUT2D eigenvalue weighted by molar-refractivity contribution is 6.34. The summed E-state index contributed by atoms with van der Waals surface area (Å²) in [6, 6.07) is 7.58. The van der Waals surface area contributed by atoms with Gasteiger partial charge in [-0.2, -0.15) is 13.2 Å². The largest absolute Gasteiger partial charge is 0.444 e. The Morgan fingerprint density at radius 3 is 2.43 bits per heavy atom. The van der Waals surface area contributed by atoms with E-state index in [2.05, 4.69) is 10.3 Å². The van der Waals surface area contributed by atoms with E-state index in [1.54, 1.807) is 0 Å². The Morgan fingerprint density at radius 2 is 1.86 bits per heavy atom. The number of nitro benzene ring substituents is 1. The number of hydrogen-bond donors (Lipinski definition) is 1. The van der Waals surface area contributed by atoms with Crippen LogP contribution >= 0.6 is 11.6 Å². The molecule has 0 bridgehead atoms. The first kappa shape index (κ1) is 19.4. The molecular weight excluding hydrogens is 403 g/mol. The number of hydrogen-bond acceptors (Lipinski definition) is 5. The van der Waals surface area contributed by atoms with E-state index in [-0.39, 0.29) is 33.5 Å². The van der Waals surface area contributed by atoms with Gasteiger partial charge in [0.1, 0.15) is 6.26 Å². The summed E-state index contributed by atoms with van der Waals surface area (Å²) < 4.78 is 42.9. The summed E-state index contributed by atoms with van der Waals surface area (Å²) in [5.74, 6) is -0.758. The van der Waals surface area contributed by atoms with Crippen LogP contribution in [0.15, 0.2) is 53.1 Å². The van der Waals surface area contributed by atoms with E-state index in [1.807, 2.05) is 0 Å². The highest BCUT2D eigenvalue weighted by Crippen LogP contribution is 2.31. The van der Waals surface area contributed by atoms with Gasteiger partial charge in [0.05, 0.1) is 21.2 Å². The molecule has 0 unspecified atom stereocenters. The van der Waals surface area contributed by atoms with Gasteiger partial charge in [-0.15, -0.1) is 0 Å². The number of amides is 1. The molecule has 0 fully saturated rings. The SMILES string of the molecule is O=C(Nc1ccc([N+](=O)[O-])cc1Cl)c1coc(-c2ccc(C(F)(F)F)cc2)n1. The maximum absolute atomic E-state index is 12.6. The highest BCUT2D eigenvalue weighted by Gasteiger charge is 2.30. The number of anilines is 1. The molecule has 0 radical (unpaired) electrons. The number of non-ortho nitro benzene ring substituents is 1. The topological polar surface area (TPSA) is 98.3 Å². The van der Waals surface area contributed by atoms with Crippen molar-refractivity contribution >= 4 is 28.9 Å². The van der Waals surface area contributed by atoms with Crippen molar-refractivity contribution in [3.63, 3.8) is 0 Å². The van der Waals surface area contributed by atoms with Gasteiger partial charge >= 0.3 is 6.18 Å². The fraction of sp³-hybridized carbons (Fsp3) is 0.0588. The van der Waals surface area contributed by atoms with Gasteiger partial charge in [-0.25, -0.2) is 4.98 Å². The Morgan fingerprint density at radius 1 is 1.18 bits per heavy atom. The van der Waals surface area contributed by atoms with Crippen molar-refractivity contribution in [2.45, 2.75) is 6.18 Å². The summed E-state index contributed by atoms with van der Waals surface area (Å²) in [6.07, 6.45) is -3.44. The van der Waals surface area contributed by atoms with E-state index in [4.69, 9.17) is 16.0 Å². The molecule has 28 heavy (non-hydrogen) atoms. The fourth-order valence-electron chi connectivity index (χ4n) is 2.22. The minimum atomic E-state index is -4.47. The Kier molecular flexibility index (Phi) is 5.06. The van der Waals surface area contributed by atoms with E-state index < -0.39 is 22.6 Å². The smallest absolute Gasteiger partial charge is 0.416 e. The molecule has 0 aliphatic carbocycles. The molecule has 144 valence electrons. The van der Waals surface area contributed by atoms with E-state index in [9.17, 15) is 28.1 Å². The van der Waals surface area contributed by atoms with Gasteiger partial charge in [-0.1, -0.05) is 11.6 Å². The van der Waals surface area contributed by atoms with Gasteiger partial charge in [0.25, 0.3) is 11.6 Å². The Balaban J connectivity index is 1.76. The molecule has 3 rings (SSSR count). The van der Waals surface area contributed by atoms with Gasteiger partial charge in [0.2, 0.25) is 5.89 Å². The van der Waals surface area contributed by atoms with Crippen molar-refractivity contribution in [2.75, 3.05) is 5.32 Å². The monoisotopic (exact) mass is 411 g/mol. The average molecular weight is 412 g/mol. The Hall–Kier alpha value is -3.40. The molecule has 0 saturated heterocycles. The van der Waals surface area contributed by atoms with Crippen molar-refractivity contribution < 1.29 is 27.3 Å². The lowest BCUT2D eigenvalue weighted by atomic mass is 10.1. The number of oxazole rings is 1. The molecule has 0 spiro atoms. The molecule has 0 aliphatic rings. The van der Waals surface area contributed by atoms with Gasteiger partial charge in [-0.3, -0.25) is 14.9 Å². The molecule has 11 heteroatoms. The predicted molar refractivity (Wildman–Crippen MR) is 93.0 cm³/mol. The van der Waals surface area contributed by atoms with Crippen LogP contribution < -0.4 is 5.32 Å². The van der Waals surface area contributed by atoms with Crippen LogP contribution in [0.3, 0.4) is 0 Å². The van der Waals surface area contributed by atoms with Crippen LogP contribution in [0.2, 0.25) is 5.02 Å². The molecule has 3 aromatic rings. The molecule has 0 saturated carbocycles. The van der Waals surface area contributed by atoms with E-state index in [0.29, 0.717) is 0 Å². The van der Waals surface area contributed by atoms with E-state index in [1.165, 1.54) is 18.2 Å². The molecule has 0 atom stereocenters. The average Bonchev–Trinajstić information content (AvgIpc) is 3.13. The third-order valence-electron chi connectivity index (χ3n) is 3.61. The van der Waals surface area contributed by atoms with Crippen molar-refractivity contribution in [3.05, 3.63) is 75.1 Å². The van der Waals surface area contributed by atoms with Crippen LogP contribution in [-0.4, -0.2) is 15.8 Å². The lowest BCUT2D eigenvalue weighted by Gasteiger charge is -2.06. The van der Waals surface area contributed by atoms with Gasteiger partial charge < -0.3 is 9.73 Å². The zero-order valence-corrected chi connectivity index (χ0v) is 14.4. The van der Waals surface area contributed by atoms with Crippen LogP contribution in [-0.2, 0) is 6.18 Å². The number of halogens is 4. The van der Waals surface area contributed by atoms with Gasteiger partial charge in [-0.05, 0) is 30.3 Å². The number of alkyl halides is 3. The van der Waals surface area contributed by atoms with E-state index >= 15 is 0 Å². The lowest BCUT2D eigenvalue weighted by molar-refractivity contribution is -0.384. The second-order valence-electron chi connectivity index (χ2n) is 5.49. The zero-order valence-electron chi connectivity index (χ0n) is 13.7. The minimum absolute atomic E-state index is 0.0472. The number of nitrogens with one attached hydrogen (secondary N) is 1. The summed E-state index contributed by atoms with van der Waals surface area (Å²) in [5, 5.41) is 13.1. The zero-order chi connectivity index (χ0) is 20.5. The Bertz CT molecular complexity index is 1050. The normalized spacial score (nSPS) is 11.3. The summed E-state index contributed by atoms with van der Waals surface area (Å²) >= 11 is 5.90. The first-order chi connectivity index (χ1) is 13.1. The number of aromatic nitrogens is 1. The highest BCUT2D eigenvalue weighted by atomic mass is 35.5. The second-order valence-corrected chi connectivity index (χ2v) is 5.90. The molecule has 1 N–H and O–H groups in total. The number of carbonyl (C=O) groups excluding carboxylic acids is 1. The van der Waals surface area contributed by atoms with Crippen LogP contribution in [0, 0.1) is 10.1 Å². The standard InChI is InChI=1S/C17H9ClF3N3O4/c18-12-7-11(24(26)27)5-6-13(12)22-15(25)14-8-28-16(23-14)9-1-3-10(4-2-9)17(19,20)21/h1-8H,(H,22,25). The molecule has 2 aromatic carbocycles. The molecule has 1 amide bonds. The summed E-state index contributed by atoms with van der Waals surface area (Å²) in [6.45, 7) is 0. The van der Waals surface area contributed by atoms with Crippen molar-refractivity contribution in [3.8, 4) is 11.5 Å². The molecular formula is C17H9ClF3N3O4. The predicted octanol–water partition coefficient (Wildman–Crippen LogP) is 5.17. The van der Waals surface area contributed by atoms with Gasteiger partial charge in [0.15, 0.2) is 5.69 Å². The summed E-state index contributed by atoms with van der Waals surface area (Å²) in [5.41, 5.74) is -0.844. The van der Waals surface area contributed by atoms with Crippen LogP contribution in [0.1, 0.15) is 16.1 Å². The number of benzene rings is 2. The van der Waals surface area contributed by atoms with E-state index in [0.717, 1.165) is 30.5 Å².